The lowest BCUT2D eigenvalue weighted by Crippen LogP contribution is -2.31. The van der Waals surface area contributed by atoms with Gasteiger partial charge in [-0.15, -0.1) is 0 Å². The average Bonchev–Trinajstić information content (AvgIpc) is 2.89. The van der Waals surface area contributed by atoms with Crippen molar-refractivity contribution >= 4 is 33.9 Å². The van der Waals surface area contributed by atoms with Gasteiger partial charge in [-0.3, -0.25) is 9.78 Å². The number of benzene rings is 2. The molecule has 5 rings (SSSR count). The third-order valence-corrected chi connectivity index (χ3v) is 6.54. The predicted molar refractivity (Wildman–Crippen MR) is 138 cm³/mol. The molecule has 3 heterocycles. The monoisotopic (exact) mass is 463 g/mol. The number of ether oxygens (including phenoxy) is 1. The number of hydrogen-bond donors (Lipinski definition) is 0. The van der Waals surface area contributed by atoms with Crippen LogP contribution in [0.5, 0.6) is 0 Å². The summed E-state index contributed by atoms with van der Waals surface area (Å²) < 4.78 is 4.72. The number of esters is 1. The van der Waals surface area contributed by atoms with Gasteiger partial charge in [-0.05, 0) is 71.3 Å². The number of rotatable bonds is 4. The maximum absolute atomic E-state index is 12.4. The zero-order valence-electron chi connectivity index (χ0n) is 20.0. The molecule has 1 aliphatic rings. The molecule has 0 aliphatic carbocycles. The number of fused-ring (bicyclic) bond motifs is 2. The second-order valence-electron chi connectivity index (χ2n) is 8.77. The van der Waals surface area contributed by atoms with Crippen LogP contribution in [0.4, 0.5) is 5.69 Å². The van der Waals surface area contributed by atoms with E-state index in [9.17, 15) is 9.59 Å². The fraction of sp³-hybridized carbons (Fsp3) is 0.172. The van der Waals surface area contributed by atoms with Crippen LogP contribution in [0.3, 0.4) is 0 Å². The molecular weight excluding hydrogens is 438 g/mol. The number of methoxy groups -OCH3 is 1. The average molecular weight is 464 g/mol. The molecule has 1 aliphatic heterocycles. The Hall–Kier alpha value is -4.32. The minimum Gasteiger partial charge on any atom is -0.464 e. The Morgan fingerprint density at radius 1 is 1.03 bits per heavy atom. The zero-order valence-corrected chi connectivity index (χ0v) is 20.0. The van der Waals surface area contributed by atoms with Crippen molar-refractivity contribution in [1.82, 2.24) is 9.97 Å². The predicted octanol–water partition coefficient (Wildman–Crippen LogP) is 5.69. The van der Waals surface area contributed by atoms with Gasteiger partial charge in [0.05, 0.1) is 12.8 Å². The van der Waals surface area contributed by atoms with Crippen LogP contribution in [0.1, 0.15) is 35.0 Å². The van der Waals surface area contributed by atoms with E-state index in [4.69, 9.17) is 9.72 Å². The molecule has 35 heavy (non-hydrogen) atoms. The maximum atomic E-state index is 12.4. The zero-order chi connectivity index (χ0) is 24.7. The molecule has 0 fully saturated rings. The second kappa shape index (κ2) is 8.80. The van der Waals surface area contributed by atoms with Gasteiger partial charge in [-0.1, -0.05) is 30.4 Å². The Morgan fingerprint density at radius 2 is 1.86 bits per heavy atom. The smallest absolute Gasteiger partial charge is 0.356 e. The number of carbonyl (C=O) groups is 2. The van der Waals surface area contributed by atoms with Crippen molar-refractivity contribution in [2.75, 3.05) is 19.1 Å². The first-order valence-corrected chi connectivity index (χ1v) is 11.4. The number of hydrogen-bond acceptors (Lipinski definition) is 5. The van der Waals surface area contributed by atoms with Crippen LogP contribution in [0.15, 0.2) is 67.5 Å². The molecule has 6 nitrogen and oxygen atoms in total. The molecule has 0 N–H and O–H groups in total. The number of aromatic nitrogens is 2. The summed E-state index contributed by atoms with van der Waals surface area (Å²) in [5.74, 6) is -0.349. The molecule has 4 aromatic rings. The lowest BCUT2D eigenvalue weighted by molar-refractivity contribution is -0.118. The van der Waals surface area contributed by atoms with E-state index in [1.807, 2.05) is 44.4 Å². The lowest BCUT2D eigenvalue weighted by atomic mass is 9.88. The summed E-state index contributed by atoms with van der Waals surface area (Å²) in [5.41, 5.74) is 8.07. The summed E-state index contributed by atoms with van der Waals surface area (Å²) in [4.78, 5) is 34.7. The number of pyridine rings is 2. The van der Waals surface area contributed by atoms with Crippen LogP contribution < -0.4 is 4.90 Å². The van der Waals surface area contributed by atoms with E-state index in [0.717, 1.165) is 56.4 Å². The molecule has 0 spiro atoms. The largest absolute Gasteiger partial charge is 0.464 e. The minimum absolute atomic E-state index is 0.123. The van der Waals surface area contributed by atoms with Crippen molar-refractivity contribution in [2.45, 2.75) is 19.8 Å². The molecule has 0 atom stereocenters. The third-order valence-electron chi connectivity index (χ3n) is 6.54. The van der Waals surface area contributed by atoms with E-state index < -0.39 is 5.97 Å². The van der Waals surface area contributed by atoms with E-state index in [1.54, 1.807) is 17.2 Å². The minimum atomic E-state index is -0.473. The van der Waals surface area contributed by atoms with E-state index in [1.165, 1.54) is 12.7 Å². The van der Waals surface area contributed by atoms with Crippen LogP contribution in [0.25, 0.3) is 38.7 Å². The van der Waals surface area contributed by atoms with Crippen molar-refractivity contribution in [3.63, 3.8) is 0 Å². The van der Waals surface area contributed by atoms with Gasteiger partial charge in [0.2, 0.25) is 5.91 Å². The standard InChI is InChI=1S/C29H25N3O3/c1-17(2)23-12-20(14-27-22(23)9-11-28(33)32(27)3)21-7-5-6-18-13-26(31-16-24(18)21)19-8-10-25(30-15-19)29(34)35-4/h5-8,10,12-16H,1,9,11H2,2-4H3. The van der Waals surface area contributed by atoms with Gasteiger partial charge >= 0.3 is 5.97 Å². The van der Waals surface area contributed by atoms with Gasteiger partial charge in [-0.2, -0.15) is 0 Å². The topological polar surface area (TPSA) is 72.4 Å². The maximum Gasteiger partial charge on any atom is 0.356 e. The van der Waals surface area contributed by atoms with Crippen molar-refractivity contribution in [3.8, 4) is 22.4 Å². The van der Waals surface area contributed by atoms with Crippen LogP contribution in [0, 0.1) is 0 Å². The fourth-order valence-corrected chi connectivity index (χ4v) is 4.64. The lowest BCUT2D eigenvalue weighted by Gasteiger charge is -2.29. The van der Waals surface area contributed by atoms with Crippen LogP contribution in [-0.2, 0) is 16.0 Å². The van der Waals surface area contributed by atoms with Gasteiger partial charge in [0, 0.05) is 42.5 Å². The van der Waals surface area contributed by atoms with Gasteiger partial charge in [0.1, 0.15) is 5.69 Å². The Bertz CT molecular complexity index is 1510. The van der Waals surface area contributed by atoms with Crippen molar-refractivity contribution < 1.29 is 14.3 Å². The molecule has 0 bridgehead atoms. The highest BCUT2D eigenvalue weighted by Gasteiger charge is 2.24. The highest BCUT2D eigenvalue weighted by molar-refractivity contribution is 6.02. The first-order valence-electron chi connectivity index (χ1n) is 11.4. The molecular formula is C29H25N3O3. The van der Waals surface area contributed by atoms with Crippen LogP contribution in [-0.4, -0.2) is 36.0 Å². The van der Waals surface area contributed by atoms with Crippen LogP contribution in [0.2, 0.25) is 0 Å². The van der Waals surface area contributed by atoms with Crippen molar-refractivity contribution in [1.29, 1.82) is 0 Å². The molecule has 0 unspecified atom stereocenters. The Kier molecular flexibility index (Phi) is 5.65. The Balaban J connectivity index is 1.61. The van der Waals surface area contributed by atoms with Gasteiger partial charge in [0.15, 0.2) is 0 Å². The molecule has 2 aromatic carbocycles. The molecule has 0 radical (unpaired) electrons. The van der Waals surface area contributed by atoms with E-state index in [0.29, 0.717) is 6.42 Å². The molecule has 6 heteroatoms. The number of nitrogens with zero attached hydrogens (tertiary/aromatic N) is 3. The van der Waals surface area contributed by atoms with Crippen LogP contribution >= 0.6 is 0 Å². The molecule has 0 saturated carbocycles. The summed E-state index contributed by atoms with van der Waals surface area (Å²) >= 11 is 0. The van der Waals surface area contributed by atoms with E-state index in [-0.39, 0.29) is 11.6 Å². The SMILES string of the molecule is C=C(C)c1cc(-c2cccc3cc(-c4ccc(C(=O)OC)nc4)ncc23)cc2c1CCC(=O)N2C. The number of anilines is 1. The highest BCUT2D eigenvalue weighted by Crippen LogP contribution is 2.39. The number of carbonyl (C=O) groups excluding carboxylic acids is 2. The summed E-state index contributed by atoms with van der Waals surface area (Å²) in [6, 6.07) is 15.9. The molecule has 1 amide bonds. The van der Waals surface area contributed by atoms with E-state index in [2.05, 4.69) is 29.8 Å². The van der Waals surface area contributed by atoms with Crippen molar-refractivity contribution in [3.05, 3.63) is 84.3 Å². The second-order valence-corrected chi connectivity index (χ2v) is 8.77. The van der Waals surface area contributed by atoms with Gasteiger partial charge < -0.3 is 9.64 Å². The van der Waals surface area contributed by atoms with Gasteiger partial charge in [0.25, 0.3) is 0 Å². The Labute approximate surface area is 203 Å². The fourth-order valence-electron chi connectivity index (χ4n) is 4.64. The van der Waals surface area contributed by atoms with E-state index >= 15 is 0 Å². The Morgan fingerprint density at radius 3 is 2.57 bits per heavy atom. The number of allylic oxidation sites excluding steroid dienone is 1. The highest BCUT2D eigenvalue weighted by atomic mass is 16.5. The molecule has 0 saturated heterocycles. The third kappa shape index (κ3) is 3.97. The summed E-state index contributed by atoms with van der Waals surface area (Å²) in [6.07, 6.45) is 4.73. The normalized spacial score (nSPS) is 13.0. The number of amides is 1. The summed E-state index contributed by atoms with van der Waals surface area (Å²) in [6.45, 7) is 6.20. The van der Waals surface area contributed by atoms with Crippen molar-refractivity contribution in [2.24, 2.45) is 0 Å². The first-order chi connectivity index (χ1) is 16.9. The van der Waals surface area contributed by atoms with Gasteiger partial charge in [-0.25, -0.2) is 9.78 Å². The molecule has 174 valence electrons. The quantitative estimate of drug-likeness (QED) is 0.364. The first kappa shape index (κ1) is 22.5. The summed E-state index contributed by atoms with van der Waals surface area (Å²) in [5, 5.41) is 2.04. The summed E-state index contributed by atoms with van der Waals surface area (Å²) in [7, 11) is 3.17. The molecule has 2 aromatic heterocycles.